The summed E-state index contributed by atoms with van der Waals surface area (Å²) in [6.07, 6.45) is 3.82. The Morgan fingerprint density at radius 1 is 1.52 bits per heavy atom. The Morgan fingerprint density at radius 2 is 2.43 bits per heavy atom. The van der Waals surface area contributed by atoms with Crippen LogP contribution in [0.15, 0.2) is 17.3 Å². The Kier molecular flexibility index (Phi) is 11.0. The van der Waals surface area contributed by atoms with Gasteiger partial charge in [0.25, 0.3) is 0 Å². The molecule has 2 heterocycles. The molecule has 3 N–H and O–H groups in total. The molecule has 2 rings (SSSR count). The highest BCUT2D eigenvalue weighted by Crippen LogP contribution is 2.12. The molecule has 0 aliphatic carbocycles. The van der Waals surface area contributed by atoms with Crippen molar-refractivity contribution in [2.75, 3.05) is 39.5 Å². The van der Waals surface area contributed by atoms with Gasteiger partial charge in [-0.25, -0.2) is 4.99 Å². The minimum Gasteiger partial charge on any atom is -0.381 e. The van der Waals surface area contributed by atoms with Crippen LogP contribution in [-0.2, 0) is 16.0 Å². The zero-order chi connectivity index (χ0) is 15.5. The number of aliphatic imine (C=N–C) groups is 1. The Morgan fingerprint density at radius 3 is 3.13 bits per heavy atom. The van der Waals surface area contributed by atoms with Crippen LogP contribution in [0.25, 0.3) is 0 Å². The second-order valence-corrected chi connectivity index (χ2v) is 5.36. The van der Waals surface area contributed by atoms with Gasteiger partial charge in [-0.1, -0.05) is 0 Å². The maximum Gasteiger partial charge on any atom is 0.191 e. The first-order valence-corrected chi connectivity index (χ1v) is 8.04. The minimum absolute atomic E-state index is 0. The number of ether oxygens (including phenoxy) is 2. The topological polar surface area (TPSA) is 83.6 Å². The van der Waals surface area contributed by atoms with Crippen LogP contribution in [0, 0.1) is 5.92 Å². The first kappa shape index (κ1) is 20.2. The van der Waals surface area contributed by atoms with Crippen molar-refractivity contribution in [2.45, 2.75) is 26.3 Å². The van der Waals surface area contributed by atoms with E-state index in [-0.39, 0.29) is 24.0 Å². The third kappa shape index (κ3) is 8.52. The number of nitrogens with zero attached hydrogens (tertiary/aromatic N) is 2. The minimum atomic E-state index is 0. The molecule has 1 saturated heterocycles. The summed E-state index contributed by atoms with van der Waals surface area (Å²) in [5.41, 5.74) is 0.999. The molecule has 132 valence electrons. The van der Waals surface area contributed by atoms with Crippen LogP contribution in [-0.4, -0.2) is 55.7 Å². The van der Waals surface area contributed by atoms with Crippen LogP contribution in [0.1, 0.15) is 25.5 Å². The van der Waals surface area contributed by atoms with Gasteiger partial charge >= 0.3 is 0 Å². The molecule has 1 atom stereocenters. The van der Waals surface area contributed by atoms with Crippen molar-refractivity contribution in [3.8, 4) is 0 Å². The Bertz CT molecular complexity index is 422. The summed E-state index contributed by atoms with van der Waals surface area (Å²) in [6, 6.07) is 1.92. The van der Waals surface area contributed by atoms with Crippen molar-refractivity contribution in [1.29, 1.82) is 0 Å². The van der Waals surface area contributed by atoms with E-state index >= 15 is 0 Å². The monoisotopic (exact) mass is 437 g/mol. The summed E-state index contributed by atoms with van der Waals surface area (Å²) >= 11 is 0. The molecule has 23 heavy (non-hydrogen) atoms. The van der Waals surface area contributed by atoms with Gasteiger partial charge in [-0.15, -0.1) is 24.0 Å². The lowest BCUT2D eigenvalue weighted by molar-refractivity contribution is 0.0888. The van der Waals surface area contributed by atoms with Gasteiger partial charge in [-0.2, -0.15) is 5.10 Å². The molecular weight excluding hydrogens is 409 g/mol. The number of nitrogens with one attached hydrogen (secondary N) is 3. The number of hydrogen-bond acceptors (Lipinski definition) is 4. The van der Waals surface area contributed by atoms with E-state index < -0.39 is 0 Å². The summed E-state index contributed by atoms with van der Waals surface area (Å²) in [4.78, 5) is 4.50. The fourth-order valence-corrected chi connectivity index (χ4v) is 2.22. The zero-order valence-corrected chi connectivity index (χ0v) is 16.0. The van der Waals surface area contributed by atoms with Crippen molar-refractivity contribution in [1.82, 2.24) is 20.8 Å². The first-order chi connectivity index (χ1) is 10.9. The number of rotatable bonds is 9. The van der Waals surface area contributed by atoms with Crippen LogP contribution in [0.5, 0.6) is 0 Å². The molecule has 0 amide bonds. The average molecular weight is 437 g/mol. The Balaban J connectivity index is 0.00000264. The molecule has 1 aromatic rings. The highest BCUT2D eigenvalue weighted by molar-refractivity contribution is 14.0. The van der Waals surface area contributed by atoms with E-state index in [0.717, 1.165) is 64.0 Å². The lowest BCUT2D eigenvalue weighted by Gasteiger charge is -2.12. The van der Waals surface area contributed by atoms with E-state index in [0.29, 0.717) is 12.5 Å². The molecule has 0 bridgehead atoms. The van der Waals surface area contributed by atoms with Crippen LogP contribution >= 0.6 is 24.0 Å². The maximum atomic E-state index is 5.68. The molecule has 1 fully saturated rings. The molecular formula is C15H28IN5O2. The van der Waals surface area contributed by atoms with E-state index in [1.807, 2.05) is 6.07 Å². The summed E-state index contributed by atoms with van der Waals surface area (Å²) in [7, 11) is 0. The van der Waals surface area contributed by atoms with Crippen LogP contribution in [0.3, 0.4) is 0 Å². The van der Waals surface area contributed by atoms with Gasteiger partial charge in [0.15, 0.2) is 5.96 Å². The standard InChI is InChI=1S/C15H27N5O2.HI/c1-2-16-15(18-10-14-4-7-19-20-14)17-6-3-8-21-11-13-5-9-22-12-13;/h4,7,13H,2-3,5-6,8-12H2,1H3,(H,19,20)(H2,16,17,18);1H. The average Bonchev–Trinajstić information content (AvgIpc) is 3.21. The van der Waals surface area contributed by atoms with E-state index in [4.69, 9.17) is 9.47 Å². The third-order valence-corrected chi connectivity index (χ3v) is 3.45. The summed E-state index contributed by atoms with van der Waals surface area (Å²) < 4.78 is 11.0. The molecule has 0 saturated carbocycles. The normalized spacial score (nSPS) is 17.8. The van der Waals surface area contributed by atoms with Crippen LogP contribution in [0.4, 0.5) is 0 Å². The lowest BCUT2D eigenvalue weighted by atomic mass is 10.1. The number of hydrogen-bond donors (Lipinski definition) is 3. The SMILES string of the molecule is CCNC(=NCc1ccn[nH]1)NCCCOCC1CCOC1.I. The molecule has 0 radical (unpaired) electrons. The van der Waals surface area contributed by atoms with Gasteiger partial charge in [0.05, 0.1) is 25.5 Å². The molecule has 7 nitrogen and oxygen atoms in total. The Hall–Kier alpha value is -0.870. The van der Waals surface area contributed by atoms with Gasteiger partial charge in [0.1, 0.15) is 0 Å². The van der Waals surface area contributed by atoms with Crippen molar-refractivity contribution in [2.24, 2.45) is 10.9 Å². The third-order valence-electron chi connectivity index (χ3n) is 3.45. The largest absolute Gasteiger partial charge is 0.381 e. The smallest absolute Gasteiger partial charge is 0.191 e. The van der Waals surface area contributed by atoms with E-state index in [2.05, 4.69) is 32.7 Å². The zero-order valence-electron chi connectivity index (χ0n) is 13.7. The van der Waals surface area contributed by atoms with Crippen LogP contribution in [0.2, 0.25) is 0 Å². The van der Waals surface area contributed by atoms with Crippen molar-refractivity contribution >= 4 is 29.9 Å². The number of aromatic amines is 1. The number of H-pyrrole nitrogens is 1. The molecule has 1 aromatic heterocycles. The fourth-order valence-electron chi connectivity index (χ4n) is 2.22. The van der Waals surface area contributed by atoms with Crippen molar-refractivity contribution in [3.05, 3.63) is 18.0 Å². The summed E-state index contributed by atoms with van der Waals surface area (Å²) in [5.74, 6) is 1.41. The van der Waals surface area contributed by atoms with E-state index in [1.165, 1.54) is 0 Å². The molecule has 1 unspecified atom stereocenters. The molecule has 1 aliphatic heterocycles. The van der Waals surface area contributed by atoms with Crippen molar-refractivity contribution in [3.63, 3.8) is 0 Å². The first-order valence-electron chi connectivity index (χ1n) is 8.04. The molecule has 0 spiro atoms. The number of halogens is 1. The number of guanidine groups is 1. The number of aromatic nitrogens is 2. The molecule has 1 aliphatic rings. The second kappa shape index (κ2) is 12.5. The van der Waals surface area contributed by atoms with Gasteiger partial charge in [-0.05, 0) is 25.8 Å². The van der Waals surface area contributed by atoms with E-state index in [1.54, 1.807) is 6.20 Å². The molecule has 8 heteroatoms. The quantitative estimate of drug-likeness (QED) is 0.236. The summed E-state index contributed by atoms with van der Waals surface area (Å²) in [5, 5.41) is 13.4. The van der Waals surface area contributed by atoms with Gasteiger partial charge in [0.2, 0.25) is 0 Å². The summed E-state index contributed by atoms with van der Waals surface area (Å²) in [6.45, 7) is 7.64. The second-order valence-electron chi connectivity index (χ2n) is 5.36. The predicted molar refractivity (Wildman–Crippen MR) is 101 cm³/mol. The van der Waals surface area contributed by atoms with Crippen molar-refractivity contribution < 1.29 is 9.47 Å². The highest BCUT2D eigenvalue weighted by atomic mass is 127. The fraction of sp³-hybridized carbons (Fsp3) is 0.733. The van der Waals surface area contributed by atoms with Gasteiger partial charge < -0.3 is 20.1 Å². The van der Waals surface area contributed by atoms with Crippen LogP contribution < -0.4 is 10.6 Å². The van der Waals surface area contributed by atoms with Gasteiger partial charge in [-0.3, -0.25) is 5.10 Å². The highest BCUT2D eigenvalue weighted by Gasteiger charge is 2.15. The Labute approximate surface area is 155 Å². The predicted octanol–water partition coefficient (Wildman–Crippen LogP) is 1.53. The van der Waals surface area contributed by atoms with E-state index in [9.17, 15) is 0 Å². The maximum absolute atomic E-state index is 5.68. The van der Waals surface area contributed by atoms with Gasteiger partial charge in [0, 0.05) is 38.4 Å². The lowest BCUT2D eigenvalue weighted by Crippen LogP contribution is -2.38. The molecule has 0 aromatic carbocycles.